The first kappa shape index (κ1) is 14.6. The van der Waals surface area contributed by atoms with Crippen LogP contribution in [0.5, 0.6) is 5.75 Å². The zero-order valence-corrected chi connectivity index (χ0v) is 11.1. The molecule has 0 radical (unpaired) electrons. The molecule has 1 unspecified atom stereocenters. The third kappa shape index (κ3) is 2.68. The minimum Gasteiger partial charge on any atom is -0.491 e. The molecule has 1 aromatic rings. The van der Waals surface area contributed by atoms with Gasteiger partial charge in [-0.3, -0.25) is 0 Å². The average molecular weight is 280 g/mol. The molecule has 1 N–H and O–H groups in total. The number of carbonyl (C=O) groups excluding carboxylic acids is 1. The van der Waals surface area contributed by atoms with Crippen molar-refractivity contribution in [3.05, 3.63) is 35.7 Å². The second-order valence-corrected chi connectivity index (χ2v) is 4.10. The van der Waals surface area contributed by atoms with Crippen LogP contribution in [0.1, 0.15) is 18.6 Å². The number of fused-ring (bicyclic) bond motifs is 1. The number of hydrogen-bond acceptors (Lipinski definition) is 5. The Labute approximate surface area is 116 Å². The fourth-order valence-corrected chi connectivity index (χ4v) is 2.02. The number of esters is 1. The van der Waals surface area contributed by atoms with E-state index in [9.17, 15) is 14.2 Å². The van der Waals surface area contributed by atoms with Gasteiger partial charge in [0.05, 0.1) is 19.8 Å². The first-order chi connectivity index (χ1) is 9.58. The standard InChI is InChI=1S/C13H14BFO5/c1-3-19-10-5-4-8-12(13(10)15)9(20-14(8)17)6-7-11(16)18-2/h4-7,9,17H,3H2,1-2H3/b7-6+. The van der Waals surface area contributed by atoms with Crippen molar-refractivity contribution in [3.8, 4) is 5.75 Å². The number of halogens is 1. The Hall–Kier alpha value is -1.86. The molecule has 106 valence electrons. The van der Waals surface area contributed by atoms with E-state index in [2.05, 4.69) is 4.74 Å². The Morgan fingerprint density at radius 3 is 3.00 bits per heavy atom. The topological polar surface area (TPSA) is 65.0 Å². The lowest BCUT2D eigenvalue weighted by Gasteiger charge is -2.11. The van der Waals surface area contributed by atoms with Gasteiger partial charge in [-0.1, -0.05) is 6.07 Å². The van der Waals surface area contributed by atoms with Gasteiger partial charge in [0.2, 0.25) is 0 Å². The smallest absolute Gasteiger partial charge is 0.491 e. The zero-order chi connectivity index (χ0) is 14.7. The molecule has 1 aliphatic rings. The van der Waals surface area contributed by atoms with Crippen molar-refractivity contribution >= 4 is 18.6 Å². The van der Waals surface area contributed by atoms with E-state index in [1.807, 2.05) is 0 Å². The summed E-state index contributed by atoms with van der Waals surface area (Å²) in [6.07, 6.45) is 1.60. The predicted octanol–water partition coefficient (Wildman–Crippen LogP) is 0.712. The fourth-order valence-electron chi connectivity index (χ4n) is 2.02. The molecule has 0 bridgehead atoms. The molecule has 7 heteroatoms. The number of benzene rings is 1. The average Bonchev–Trinajstić information content (AvgIpc) is 2.76. The van der Waals surface area contributed by atoms with Gasteiger partial charge in [-0.15, -0.1) is 0 Å². The van der Waals surface area contributed by atoms with Gasteiger partial charge in [-0.25, -0.2) is 9.18 Å². The second kappa shape index (κ2) is 6.07. The van der Waals surface area contributed by atoms with Crippen molar-refractivity contribution < 1.29 is 28.3 Å². The van der Waals surface area contributed by atoms with Crippen LogP contribution in [0.2, 0.25) is 0 Å². The maximum Gasteiger partial charge on any atom is 0.492 e. The first-order valence-corrected chi connectivity index (χ1v) is 6.13. The third-order valence-electron chi connectivity index (χ3n) is 2.91. The summed E-state index contributed by atoms with van der Waals surface area (Å²) in [6.45, 7) is 2.06. The minimum atomic E-state index is -1.23. The number of carbonyl (C=O) groups is 1. The quantitative estimate of drug-likeness (QED) is 0.500. The van der Waals surface area contributed by atoms with Crippen LogP contribution in [0, 0.1) is 5.82 Å². The lowest BCUT2D eigenvalue weighted by molar-refractivity contribution is -0.134. The molecule has 0 aromatic heterocycles. The molecular formula is C13H14BFO5. The summed E-state index contributed by atoms with van der Waals surface area (Å²) in [6, 6.07) is 2.98. The molecule has 0 saturated heterocycles. The molecule has 0 saturated carbocycles. The van der Waals surface area contributed by atoms with Gasteiger partial charge in [-0.05, 0) is 24.5 Å². The summed E-state index contributed by atoms with van der Waals surface area (Å²) in [4.78, 5) is 11.1. The summed E-state index contributed by atoms with van der Waals surface area (Å²) in [5.74, 6) is -1.10. The fraction of sp³-hybridized carbons (Fsp3) is 0.308. The van der Waals surface area contributed by atoms with Gasteiger partial charge in [-0.2, -0.15) is 0 Å². The molecule has 1 aromatic carbocycles. The zero-order valence-electron chi connectivity index (χ0n) is 11.1. The molecule has 5 nitrogen and oxygen atoms in total. The molecule has 1 atom stereocenters. The maximum atomic E-state index is 14.3. The van der Waals surface area contributed by atoms with Crippen molar-refractivity contribution in [1.82, 2.24) is 0 Å². The Morgan fingerprint density at radius 1 is 1.60 bits per heavy atom. The van der Waals surface area contributed by atoms with E-state index in [0.29, 0.717) is 12.1 Å². The van der Waals surface area contributed by atoms with Crippen LogP contribution in [-0.4, -0.2) is 31.8 Å². The lowest BCUT2D eigenvalue weighted by Crippen LogP contribution is -2.28. The highest BCUT2D eigenvalue weighted by Crippen LogP contribution is 2.31. The summed E-state index contributed by atoms with van der Waals surface area (Å²) in [5, 5.41) is 9.74. The monoisotopic (exact) mass is 280 g/mol. The van der Waals surface area contributed by atoms with Crippen molar-refractivity contribution in [2.75, 3.05) is 13.7 Å². The molecule has 0 fully saturated rings. The SMILES string of the molecule is CCOc1ccc2c(c1F)C(/C=C/C(=O)OC)OB2O. The van der Waals surface area contributed by atoms with Gasteiger partial charge in [0.15, 0.2) is 11.6 Å². The number of methoxy groups -OCH3 is 1. The Kier molecular flexibility index (Phi) is 4.41. The van der Waals surface area contributed by atoms with E-state index in [1.165, 1.54) is 19.3 Å². The van der Waals surface area contributed by atoms with Gasteiger partial charge < -0.3 is 19.2 Å². The van der Waals surface area contributed by atoms with E-state index in [-0.39, 0.29) is 11.3 Å². The third-order valence-corrected chi connectivity index (χ3v) is 2.91. The normalized spacial score (nSPS) is 17.4. The highest BCUT2D eigenvalue weighted by atomic mass is 19.1. The summed E-state index contributed by atoms with van der Waals surface area (Å²) in [7, 11) is 0.00105. The maximum absolute atomic E-state index is 14.3. The largest absolute Gasteiger partial charge is 0.492 e. The van der Waals surface area contributed by atoms with Crippen LogP contribution < -0.4 is 10.2 Å². The Bertz CT molecular complexity index is 546. The Morgan fingerprint density at radius 2 is 2.35 bits per heavy atom. The lowest BCUT2D eigenvalue weighted by atomic mass is 9.79. The first-order valence-electron chi connectivity index (χ1n) is 6.13. The van der Waals surface area contributed by atoms with Crippen LogP contribution in [0.15, 0.2) is 24.3 Å². The van der Waals surface area contributed by atoms with Crippen LogP contribution in [0.3, 0.4) is 0 Å². The van der Waals surface area contributed by atoms with Crippen molar-refractivity contribution in [2.24, 2.45) is 0 Å². The highest BCUT2D eigenvalue weighted by molar-refractivity contribution is 6.61. The summed E-state index contributed by atoms with van der Waals surface area (Å²) in [5.41, 5.74) is 0.495. The van der Waals surface area contributed by atoms with E-state index in [0.717, 1.165) is 6.08 Å². The van der Waals surface area contributed by atoms with Crippen molar-refractivity contribution in [1.29, 1.82) is 0 Å². The van der Waals surface area contributed by atoms with E-state index >= 15 is 0 Å². The number of rotatable bonds is 4. The number of hydrogen-bond donors (Lipinski definition) is 1. The molecule has 0 aliphatic carbocycles. The second-order valence-electron chi connectivity index (χ2n) is 4.10. The van der Waals surface area contributed by atoms with Crippen molar-refractivity contribution in [3.63, 3.8) is 0 Å². The molecule has 1 heterocycles. The van der Waals surface area contributed by atoms with E-state index in [1.54, 1.807) is 13.0 Å². The van der Waals surface area contributed by atoms with Crippen LogP contribution in [0.25, 0.3) is 0 Å². The van der Waals surface area contributed by atoms with Crippen LogP contribution >= 0.6 is 0 Å². The highest BCUT2D eigenvalue weighted by Gasteiger charge is 2.37. The van der Waals surface area contributed by atoms with E-state index < -0.39 is 25.0 Å². The molecule has 2 rings (SSSR count). The van der Waals surface area contributed by atoms with Gasteiger partial charge in [0.1, 0.15) is 0 Å². The number of ether oxygens (including phenoxy) is 2. The van der Waals surface area contributed by atoms with E-state index in [4.69, 9.17) is 9.39 Å². The molecule has 20 heavy (non-hydrogen) atoms. The molecular weight excluding hydrogens is 266 g/mol. The molecule has 0 spiro atoms. The molecule has 0 amide bonds. The summed E-state index contributed by atoms with van der Waals surface area (Å²) < 4.78 is 29.1. The Balaban J connectivity index is 2.37. The van der Waals surface area contributed by atoms with Crippen LogP contribution in [0.4, 0.5) is 4.39 Å². The van der Waals surface area contributed by atoms with Gasteiger partial charge in [0, 0.05) is 11.6 Å². The summed E-state index contributed by atoms with van der Waals surface area (Å²) >= 11 is 0. The van der Waals surface area contributed by atoms with Crippen LogP contribution in [-0.2, 0) is 14.2 Å². The predicted molar refractivity (Wildman–Crippen MR) is 70.2 cm³/mol. The van der Waals surface area contributed by atoms with Gasteiger partial charge >= 0.3 is 13.1 Å². The van der Waals surface area contributed by atoms with Crippen molar-refractivity contribution in [2.45, 2.75) is 13.0 Å². The van der Waals surface area contributed by atoms with Gasteiger partial charge in [0.25, 0.3) is 0 Å². The molecule has 1 aliphatic heterocycles. The minimum absolute atomic E-state index is 0.0837.